The van der Waals surface area contributed by atoms with Gasteiger partial charge in [-0.05, 0) is 43.8 Å². The zero-order chi connectivity index (χ0) is 19.1. The number of nitrogens with zero attached hydrogens (tertiary/aromatic N) is 1. The molecule has 1 saturated heterocycles. The monoisotopic (exact) mass is 388 g/mol. The molecule has 0 bridgehead atoms. The van der Waals surface area contributed by atoms with Crippen molar-refractivity contribution >= 4 is 22.9 Å². The van der Waals surface area contributed by atoms with Gasteiger partial charge in [-0.2, -0.15) is 0 Å². The van der Waals surface area contributed by atoms with E-state index in [4.69, 9.17) is 4.74 Å². The van der Waals surface area contributed by atoms with Gasteiger partial charge in [0.15, 0.2) is 6.04 Å². The van der Waals surface area contributed by atoms with Gasteiger partial charge < -0.3 is 19.9 Å². The Morgan fingerprint density at radius 3 is 2.74 bits per heavy atom. The maximum atomic E-state index is 12.5. The van der Waals surface area contributed by atoms with Crippen LogP contribution in [0.1, 0.15) is 18.7 Å². The number of thiophene rings is 1. The van der Waals surface area contributed by atoms with E-state index in [1.165, 1.54) is 9.78 Å². The van der Waals surface area contributed by atoms with Gasteiger partial charge in [0, 0.05) is 11.4 Å². The molecule has 1 aromatic carbocycles. The maximum absolute atomic E-state index is 12.5. The fourth-order valence-electron chi connectivity index (χ4n) is 3.57. The predicted molar refractivity (Wildman–Crippen MR) is 111 cm³/mol. The van der Waals surface area contributed by atoms with Crippen LogP contribution in [0.3, 0.4) is 0 Å². The van der Waals surface area contributed by atoms with Crippen molar-refractivity contribution in [1.82, 2.24) is 5.32 Å². The molecule has 6 heteroatoms. The number of rotatable bonds is 8. The number of anilines is 1. The van der Waals surface area contributed by atoms with E-state index in [1.807, 2.05) is 26.0 Å². The van der Waals surface area contributed by atoms with Crippen molar-refractivity contribution in [1.29, 1.82) is 0 Å². The van der Waals surface area contributed by atoms with Crippen LogP contribution in [0.15, 0.2) is 41.8 Å². The number of amides is 1. The SMILES string of the molecule is CCOc1ccccc1N1CC[NH+]([C@@H](C)C(=O)NCCc2cccs2)CC1. The average Bonchev–Trinajstić information content (AvgIpc) is 3.22. The molecule has 1 aliphatic rings. The van der Waals surface area contributed by atoms with Crippen LogP contribution in [0.4, 0.5) is 5.69 Å². The molecule has 0 aliphatic carbocycles. The minimum absolute atomic E-state index is 0.0161. The molecule has 2 aromatic rings. The van der Waals surface area contributed by atoms with Crippen LogP contribution in [0, 0.1) is 0 Å². The van der Waals surface area contributed by atoms with Gasteiger partial charge in [-0.1, -0.05) is 18.2 Å². The topological polar surface area (TPSA) is 46.0 Å². The van der Waals surface area contributed by atoms with Gasteiger partial charge in [0.2, 0.25) is 0 Å². The first-order valence-electron chi connectivity index (χ1n) is 9.80. The Labute approximate surface area is 165 Å². The molecule has 0 spiro atoms. The third-order valence-electron chi connectivity index (χ3n) is 5.17. The van der Waals surface area contributed by atoms with Gasteiger partial charge in [0.05, 0.1) is 38.5 Å². The number of hydrogen-bond acceptors (Lipinski definition) is 4. The van der Waals surface area contributed by atoms with E-state index in [2.05, 4.69) is 39.9 Å². The number of quaternary nitrogens is 1. The predicted octanol–water partition coefficient (Wildman–Crippen LogP) is 1.60. The van der Waals surface area contributed by atoms with E-state index in [0.29, 0.717) is 13.2 Å². The summed E-state index contributed by atoms with van der Waals surface area (Å²) in [6, 6.07) is 12.4. The number of nitrogens with one attached hydrogen (secondary N) is 2. The summed E-state index contributed by atoms with van der Waals surface area (Å²) in [6.45, 7) is 9.23. The highest BCUT2D eigenvalue weighted by molar-refractivity contribution is 7.09. The Morgan fingerprint density at radius 2 is 2.04 bits per heavy atom. The zero-order valence-electron chi connectivity index (χ0n) is 16.2. The van der Waals surface area contributed by atoms with Gasteiger partial charge in [-0.3, -0.25) is 4.79 Å². The van der Waals surface area contributed by atoms with Crippen LogP contribution in [0.2, 0.25) is 0 Å². The summed E-state index contributed by atoms with van der Waals surface area (Å²) in [6.07, 6.45) is 0.910. The molecule has 1 fully saturated rings. The van der Waals surface area contributed by atoms with Crippen molar-refractivity contribution in [2.45, 2.75) is 26.3 Å². The Bertz CT molecular complexity index is 712. The van der Waals surface area contributed by atoms with E-state index in [-0.39, 0.29) is 11.9 Å². The van der Waals surface area contributed by atoms with Crippen molar-refractivity contribution < 1.29 is 14.4 Å². The standard InChI is InChI=1S/C21H29N3O2S/c1-3-26-20-9-5-4-8-19(20)24-14-12-23(13-15-24)17(2)21(25)22-11-10-18-7-6-16-27-18/h4-9,16-17H,3,10-15H2,1-2H3,(H,22,25)/p+1/t17-/m0/s1. The lowest BCUT2D eigenvalue weighted by atomic mass is 10.2. The third-order valence-corrected chi connectivity index (χ3v) is 6.10. The normalized spacial score (nSPS) is 16.1. The molecule has 0 radical (unpaired) electrons. The van der Waals surface area contributed by atoms with Crippen LogP contribution >= 0.6 is 11.3 Å². The Morgan fingerprint density at radius 1 is 1.26 bits per heavy atom. The highest BCUT2D eigenvalue weighted by atomic mass is 32.1. The molecule has 5 nitrogen and oxygen atoms in total. The largest absolute Gasteiger partial charge is 0.492 e. The molecule has 1 amide bonds. The highest BCUT2D eigenvalue weighted by Gasteiger charge is 2.29. The van der Waals surface area contributed by atoms with E-state index in [9.17, 15) is 4.79 Å². The third kappa shape index (κ3) is 5.23. The zero-order valence-corrected chi connectivity index (χ0v) is 17.1. The summed E-state index contributed by atoms with van der Waals surface area (Å²) in [4.78, 5) is 17.5. The van der Waals surface area contributed by atoms with E-state index in [1.54, 1.807) is 11.3 Å². The number of benzene rings is 1. The minimum atomic E-state index is -0.0161. The Kier molecular flexibility index (Phi) is 7.12. The lowest BCUT2D eigenvalue weighted by Crippen LogP contribution is -3.19. The molecule has 27 heavy (non-hydrogen) atoms. The number of carbonyl (C=O) groups is 1. The van der Waals surface area contributed by atoms with Crippen LogP contribution in [-0.4, -0.2) is 51.3 Å². The van der Waals surface area contributed by atoms with Gasteiger partial charge >= 0.3 is 0 Å². The molecule has 1 aliphatic heterocycles. The minimum Gasteiger partial charge on any atom is -0.492 e. The second-order valence-electron chi connectivity index (χ2n) is 6.89. The second-order valence-corrected chi connectivity index (χ2v) is 7.92. The van der Waals surface area contributed by atoms with Crippen molar-refractivity contribution in [2.24, 2.45) is 0 Å². The lowest BCUT2D eigenvalue weighted by Gasteiger charge is -2.36. The summed E-state index contributed by atoms with van der Waals surface area (Å²) in [5.41, 5.74) is 1.16. The molecule has 146 valence electrons. The summed E-state index contributed by atoms with van der Waals surface area (Å²) in [7, 11) is 0. The Balaban J connectivity index is 1.47. The van der Waals surface area contributed by atoms with Gasteiger partial charge in [0.1, 0.15) is 5.75 Å². The quantitative estimate of drug-likeness (QED) is 0.722. The molecule has 2 heterocycles. The van der Waals surface area contributed by atoms with Crippen LogP contribution in [0.25, 0.3) is 0 Å². The average molecular weight is 389 g/mol. The van der Waals surface area contributed by atoms with Crippen molar-refractivity contribution in [2.75, 3.05) is 44.2 Å². The molecule has 1 aromatic heterocycles. The van der Waals surface area contributed by atoms with Gasteiger partial charge in [0.25, 0.3) is 5.91 Å². The van der Waals surface area contributed by atoms with E-state index < -0.39 is 0 Å². The molecule has 0 saturated carbocycles. The smallest absolute Gasteiger partial charge is 0.278 e. The number of hydrogen-bond donors (Lipinski definition) is 2. The first kappa shape index (κ1) is 19.7. The van der Waals surface area contributed by atoms with Crippen LogP contribution in [0.5, 0.6) is 5.75 Å². The van der Waals surface area contributed by atoms with Crippen molar-refractivity contribution in [3.63, 3.8) is 0 Å². The molecule has 3 rings (SSSR count). The molecular weight excluding hydrogens is 358 g/mol. The number of carbonyl (C=O) groups excluding carboxylic acids is 1. The lowest BCUT2D eigenvalue weighted by molar-refractivity contribution is -0.914. The maximum Gasteiger partial charge on any atom is 0.278 e. The highest BCUT2D eigenvalue weighted by Crippen LogP contribution is 2.27. The number of para-hydroxylation sites is 2. The van der Waals surface area contributed by atoms with Gasteiger partial charge in [-0.25, -0.2) is 0 Å². The fourth-order valence-corrected chi connectivity index (χ4v) is 4.28. The summed E-state index contributed by atoms with van der Waals surface area (Å²) < 4.78 is 5.77. The van der Waals surface area contributed by atoms with Crippen LogP contribution in [-0.2, 0) is 11.2 Å². The number of ether oxygens (including phenoxy) is 1. The van der Waals surface area contributed by atoms with E-state index in [0.717, 1.165) is 44.0 Å². The summed E-state index contributed by atoms with van der Waals surface area (Å²) >= 11 is 1.74. The second kappa shape index (κ2) is 9.76. The van der Waals surface area contributed by atoms with Crippen LogP contribution < -0.4 is 19.9 Å². The molecule has 1 atom stereocenters. The summed E-state index contributed by atoms with van der Waals surface area (Å²) in [5.74, 6) is 1.10. The van der Waals surface area contributed by atoms with Gasteiger partial charge in [-0.15, -0.1) is 11.3 Å². The molecular formula is C21H30N3O2S+. The first-order valence-corrected chi connectivity index (χ1v) is 10.7. The fraction of sp³-hybridized carbons (Fsp3) is 0.476. The Hall–Kier alpha value is -2.05. The first-order chi connectivity index (χ1) is 13.2. The number of piperazine rings is 1. The van der Waals surface area contributed by atoms with Crippen molar-refractivity contribution in [3.8, 4) is 5.75 Å². The molecule has 0 unspecified atom stereocenters. The summed E-state index contributed by atoms with van der Waals surface area (Å²) in [5, 5.41) is 5.18. The van der Waals surface area contributed by atoms with Crippen molar-refractivity contribution in [3.05, 3.63) is 46.7 Å². The molecule has 2 N–H and O–H groups in total. The van der Waals surface area contributed by atoms with E-state index >= 15 is 0 Å².